The number of para-hydroxylation sites is 1. The molecule has 1 atom stereocenters. The van der Waals surface area contributed by atoms with Crippen molar-refractivity contribution in [2.75, 3.05) is 31.1 Å². The summed E-state index contributed by atoms with van der Waals surface area (Å²) < 4.78 is 1.28. The van der Waals surface area contributed by atoms with Crippen molar-refractivity contribution in [3.8, 4) is 0 Å². The fraction of sp³-hybridized carbons (Fsp3) is 0.350. The first-order chi connectivity index (χ1) is 11.7. The maximum Gasteiger partial charge on any atom is 0.186 e. The molecule has 124 valence electrons. The average Bonchev–Trinajstić information content (AvgIpc) is 3.06. The zero-order valence-electron chi connectivity index (χ0n) is 14.3. The molecule has 0 spiro atoms. The molecule has 3 nitrogen and oxygen atoms in total. The molecule has 0 saturated carbocycles. The third-order valence-electron chi connectivity index (χ3n) is 4.97. The van der Waals surface area contributed by atoms with Crippen LogP contribution in [-0.4, -0.2) is 36.1 Å². The molecule has 3 aromatic rings. The van der Waals surface area contributed by atoms with E-state index in [1.165, 1.54) is 21.0 Å². The van der Waals surface area contributed by atoms with E-state index in [0.29, 0.717) is 6.04 Å². The van der Waals surface area contributed by atoms with E-state index in [1.54, 1.807) is 0 Å². The molecule has 1 unspecified atom stereocenters. The lowest BCUT2D eigenvalue weighted by atomic mass is 10.0. The number of piperazine rings is 1. The summed E-state index contributed by atoms with van der Waals surface area (Å²) in [6.07, 6.45) is 0. The summed E-state index contributed by atoms with van der Waals surface area (Å²) in [6, 6.07) is 17.8. The summed E-state index contributed by atoms with van der Waals surface area (Å²) >= 11 is 1.81. The number of fused-ring (bicyclic) bond motifs is 1. The second-order valence-corrected chi connectivity index (χ2v) is 7.58. The smallest absolute Gasteiger partial charge is 0.186 e. The van der Waals surface area contributed by atoms with E-state index in [-0.39, 0.29) is 0 Å². The molecule has 4 heteroatoms. The van der Waals surface area contributed by atoms with Crippen molar-refractivity contribution in [1.82, 2.24) is 9.88 Å². The number of nitrogens with zero attached hydrogens (tertiary/aromatic N) is 3. The van der Waals surface area contributed by atoms with E-state index in [1.807, 2.05) is 11.3 Å². The van der Waals surface area contributed by atoms with Crippen LogP contribution in [0, 0.1) is 6.92 Å². The molecule has 4 rings (SSSR count). The molecule has 0 aliphatic carbocycles. The van der Waals surface area contributed by atoms with Gasteiger partial charge in [-0.15, -0.1) is 0 Å². The third-order valence-corrected chi connectivity index (χ3v) is 6.07. The number of anilines is 1. The molecule has 2 aromatic carbocycles. The Morgan fingerprint density at radius 1 is 0.958 bits per heavy atom. The largest absolute Gasteiger partial charge is 0.345 e. The maximum absolute atomic E-state index is 4.80. The minimum absolute atomic E-state index is 0.475. The van der Waals surface area contributed by atoms with Gasteiger partial charge < -0.3 is 4.90 Å². The number of thiazole rings is 1. The van der Waals surface area contributed by atoms with Crippen molar-refractivity contribution in [3.63, 3.8) is 0 Å². The second kappa shape index (κ2) is 6.54. The highest BCUT2D eigenvalue weighted by Crippen LogP contribution is 2.30. The molecule has 0 N–H and O–H groups in total. The van der Waals surface area contributed by atoms with Crippen LogP contribution >= 0.6 is 11.3 Å². The van der Waals surface area contributed by atoms with Gasteiger partial charge in [0.15, 0.2) is 5.13 Å². The minimum Gasteiger partial charge on any atom is -0.345 e. The van der Waals surface area contributed by atoms with Gasteiger partial charge in [0.05, 0.1) is 10.2 Å². The molecule has 1 fully saturated rings. The minimum atomic E-state index is 0.475. The molecule has 0 bridgehead atoms. The SMILES string of the molecule is Cc1ccc(C(C)N2CCN(c3nc4ccccc4s3)CC2)cc1. The van der Waals surface area contributed by atoms with Crippen molar-refractivity contribution in [2.24, 2.45) is 0 Å². The summed E-state index contributed by atoms with van der Waals surface area (Å²) in [5, 5.41) is 1.17. The number of aromatic nitrogens is 1. The Balaban J connectivity index is 1.43. The van der Waals surface area contributed by atoms with Crippen molar-refractivity contribution >= 4 is 26.7 Å². The van der Waals surface area contributed by atoms with Gasteiger partial charge in [-0.25, -0.2) is 4.98 Å². The number of hydrogen-bond acceptors (Lipinski definition) is 4. The molecular weight excluding hydrogens is 314 g/mol. The van der Waals surface area contributed by atoms with E-state index in [0.717, 1.165) is 31.7 Å². The number of hydrogen-bond donors (Lipinski definition) is 0. The molecule has 1 aliphatic heterocycles. The maximum atomic E-state index is 4.80. The number of aryl methyl sites for hydroxylation is 1. The lowest BCUT2D eigenvalue weighted by molar-refractivity contribution is 0.198. The van der Waals surface area contributed by atoms with Crippen LogP contribution < -0.4 is 4.90 Å². The third kappa shape index (κ3) is 3.04. The average molecular weight is 337 g/mol. The van der Waals surface area contributed by atoms with Crippen LogP contribution in [0.1, 0.15) is 24.1 Å². The first-order valence-electron chi connectivity index (χ1n) is 8.62. The molecule has 1 aliphatic rings. The predicted molar refractivity (Wildman–Crippen MR) is 103 cm³/mol. The Hall–Kier alpha value is -1.91. The van der Waals surface area contributed by atoms with Gasteiger partial charge in [-0.3, -0.25) is 4.90 Å². The van der Waals surface area contributed by atoms with Crippen LogP contribution in [0.5, 0.6) is 0 Å². The standard InChI is InChI=1S/C20H23N3S/c1-15-7-9-17(10-8-15)16(2)22-11-13-23(14-12-22)20-21-18-5-3-4-6-19(18)24-20/h3-10,16H,11-14H2,1-2H3. The van der Waals surface area contributed by atoms with Crippen molar-refractivity contribution in [2.45, 2.75) is 19.9 Å². The Kier molecular flexibility index (Phi) is 4.25. The van der Waals surface area contributed by atoms with Gasteiger partial charge in [0, 0.05) is 32.2 Å². The molecule has 1 saturated heterocycles. The van der Waals surface area contributed by atoms with Gasteiger partial charge >= 0.3 is 0 Å². The number of benzene rings is 2. The normalized spacial score (nSPS) is 17.3. The predicted octanol–water partition coefficient (Wildman–Crippen LogP) is 4.49. The van der Waals surface area contributed by atoms with Gasteiger partial charge in [0.25, 0.3) is 0 Å². The lowest BCUT2D eigenvalue weighted by Gasteiger charge is -2.38. The van der Waals surface area contributed by atoms with Gasteiger partial charge in [-0.05, 0) is 31.5 Å². The Morgan fingerprint density at radius 3 is 2.38 bits per heavy atom. The molecular formula is C20H23N3S. The summed E-state index contributed by atoms with van der Waals surface area (Å²) in [6.45, 7) is 8.74. The van der Waals surface area contributed by atoms with E-state index in [9.17, 15) is 0 Å². The first kappa shape index (κ1) is 15.6. The fourth-order valence-corrected chi connectivity index (χ4v) is 4.37. The lowest BCUT2D eigenvalue weighted by Crippen LogP contribution is -2.47. The van der Waals surface area contributed by atoms with Gasteiger partial charge in [-0.2, -0.15) is 0 Å². The van der Waals surface area contributed by atoms with E-state index in [2.05, 4.69) is 72.2 Å². The van der Waals surface area contributed by atoms with E-state index >= 15 is 0 Å². The van der Waals surface area contributed by atoms with Crippen molar-refractivity contribution in [1.29, 1.82) is 0 Å². The Labute approximate surface area is 147 Å². The van der Waals surface area contributed by atoms with Crippen LogP contribution in [0.3, 0.4) is 0 Å². The summed E-state index contributed by atoms with van der Waals surface area (Å²) in [5.74, 6) is 0. The highest BCUT2D eigenvalue weighted by atomic mass is 32.1. The van der Waals surface area contributed by atoms with E-state index in [4.69, 9.17) is 4.98 Å². The Morgan fingerprint density at radius 2 is 1.67 bits per heavy atom. The number of rotatable bonds is 3. The van der Waals surface area contributed by atoms with Crippen LogP contribution in [0.4, 0.5) is 5.13 Å². The molecule has 24 heavy (non-hydrogen) atoms. The van der Waals surface area contributed by atoms with Crippen LogP contribution in [0.25, 0.3) is 10.2 Å². The van der Waals surface area contributed by atoms with Crippen LogP contribution in [-0.2, 0) is 0 Å². The molecule has 0 radical (unpaired) electrons. The zero-order valence-corrected chi connectivity index (χ0v) is 15.1. The van der Waals surface area contributed by atoms with Crippen molar-refractivity contribution in [3.05, 3.63) is 59.7 Å². The quantitative estimate of drug-likeness (QED) is 0.702. The first-order valence-corrected chi connectivity index (χ1v) is 9.43. The highest BCUT2D eigenvalue weighted by molar-refractivity contribution is 7.22. The van der Waals surface area contributed by atoms with Crippen LogP contribution in [0.2, 0.25) is 0 Å². The second-order valence-electron chi connectivity index (χ2n) is 6.57. The molecule has 2 heterocycles. The highest BCUT2D eigenvalue weighted by Gasteiger charge is 2.23. The fourth-order valence-electron chi connectivity index (χ4n) is 3.35. The summed E-state index contributed by atoms with van der Waals surface area (Å²) in [4.78, 5) is 9.81. The Bertz CT molecular complexity index is 783. The topological polar surface area (TPSA) is 19.4 Å². The zero-order chi connectivity index (χ0) is 16.5. The molecule has 1 aromatic heterocycles. The summed E-state index contributed by atoms with van der Waals surface area (Å²) in [7, 11) is 0. The van der Waals surface area contributed by atoms with E-state index < -0.39 is 0 Å². The van der Waals surface area contributed by atoms with Gasteiger partial charge in [-0.1, -0.05) is 53.3 Å². The van der Waals surface area contributed by atoms with Gasteiger partial charge in [0.1, 0.15) is 0 Å². The van der Waals surface area contributed by atoms with Crippen molar-refractivity contribution < 1.29 is 0 Å². The van der Waals surface area contributed by atoms with Gasteiger partial charge in [0.2, 0.25) is 0 Å². The van der Waals surface area contributed by atoms with Crippen LogP contribution in [0.15, 0.2) is 48.5 Å². The summed E-state index contributed by atoms with van der Waals surface area (Å²) in [5.41, 5.74) is 3.86. The molecule has 0 amide bonds. The monoisotopic (exact) mass is 337 g/mol.